The lowest BCUT2D eigenvalue weighted by atomic mass is 9.92. The molecule has 0 spiro atoms. The lowest BCUT2D eigenvalue weighted by molar-refractivity contribution is 0.330. The van der Waals surface area contributed by atoms with Gasteiger partial charge in [0.05, 0.1) is 11.5 Å². The van der Waals surface area contributed by atoms with Crippen molar-refractivity contribution < 1.29 is 16.8 Å². The maximum absolute atomic E-state index is 11.8. The minimum absolute atomic E-state index is 0.0563. The van der Waals surface area contributed by atoms with Gasteiger partial charge in [0.1, 0.15) is 9.84 Å². The normalized spacial score (nSPS) is 24.7. The first kappa shape index (κ1) is 17.9. The number of sulfonamides is 1. The third-order valence-corrected chi connectivity index (χ3v) is 6.12. The summed E-state index contributed by atoms with van der Waals surface area (Å²) in [5, 5.41) is 3.44. The topological polar surface area (TPSA) is 92.3 Å². The van der Waals surface area contributed by atoms with Gasteiger partial charge in [0, 0.05) is 18.3 Å². The van der Waals surface area contributed by atoms with E-state index in [1.807, 2.05) is 0 Å². The predicted molar refractivity (Wildman–Crippen MR) is 81.0 cm³/mol. The number of hydrogen-bond donors (Lipinski definition) is 2. The molecule has 8 heteroatoms. The van der Waals surface area contributed by atoms with Crippen LogP contribution in [-0.4, -0.2) is 53.2 Å². The van der Waals surface area contributed by atoms with E-state index >= 15 is 0 Å². The molecule has 0 aromatic rings. The van der Waals surface area contributed by atoms with E-state index < -0.39 is 19.9 Å². The maximum Gasteiger partial charge on any atom is 0.212 e. The Morgan fingerprint density at radius 3 is 2.00 bits per heavy atom. The zero-order valence-corrected chi connectivity index (χ0v) is 13.9. The van der Waals surface area contributed by atoms with Crippen molar-refractivity contribution in [2.24, 2.45) is 0 Å². The van der Waals surface area contributed by atoms with Crippen LogP contribution in [0.1, 0.15) is 39.0 Å². The van der Waals surface area contributed by atoms with E-state index in [1.165, 1.54) is 0 Å². The largest absolute Gasteiger partial charge is 0.314 e. The van der Waals surface area contributed by atoms with Crippen molar-refractivity contribution >= 4 is 19.9 Å². The van der Waals surface area contributed by atoms with E-state index in [9.17, 15) is 16.8 Å². The molecule has 1 aliphatic carbocycles. The summed E-state index contributed by atoms with van der Waals surface area (Å²) in [6.45, 7) is 3.12. The lowest BCUT2D eigenvalue weighted by Gasteiger charge is -2.29. The van der Waals surface area contributed by atoms with Gasteiger partial charge >= 0.3 is 0 Å². The molecule has 6 nitrogen and oxygen atoms in total. The van der Waals surface area contributed by atoms with Gasteiger partial charge in [-0.15, -0.1) is 0 Å². The Kier molecular flexibility index (Phi) is 6.90. The second kappa shape index (κ2) is 7.72. The molecule has 1 fully saturated rings. The zero-order chi connectivity index (χ0) is 15.2. The highest BCUT2D eigenvalue weighted by Crippen LogP contribution is 2.19. The Bertz CT molecular complexity index is 480. The van der Waals surface area contributed by atoms with Gasteiger partial charge in [-0.2, -0.15) is 0 Å². The molecule has 0 aromatic carbocycles. The average Bonchev–Trinajstić information content (AvgIpc) is 2.35. The van der Waals surface area contributed by atoms with Gasteiger partial charge in [-0.05, 0) is 38.6 Å². The molecule has 0 saturated heterocycles. The van der Waals surface area contributed by atoms with Crippen molar-refractivity contribution in [3.05, 3.63) is 0 Å². The van der Waals surface area contributed by atoms with Gasteiger partial charge in [0.15, 0.2) is 0 Å². The van der Waals surface area contributed by atoms with Gasteiger partial charge in [0.25, 0.3) is 0 Å². The fourth-order valence-corrected chi connectivity index (χ4v) is 5.29. The molecule has 0 bridgehead atoms. The highest BCUT2D eigenvalue weighted by atomic mass is 32.2. The molecule has 1 saturated carbocycles. The number of nitrogens with one attached hydrogen (secondary N) is 2. The minimum Gasteiger partial charge on any atom is -0.314 e. The van der Waals surface area contributed by atoms with Crippen molar-refractivity contribution in [2.75, 3.05) is 24.3 Å². The van der Waals surface area contributed by atoms with E-state index in [2.05, 4.69) is 17.0 Å². The number of rotatable bonds is 8. The lowest BCUT2D eigenvalue weighted by Crippen LogP contribution is -2.43. The zero-order valence-electron chi connectivity index (χ0n) is 12.3. The predicted octanol–water partition coefficient (Wildman–Crippen LogP) is 0.261. The van der Waals surface area contributed by atoms with Crippen molar-refractivity contribution in [1.29, 1.82) is 0 Å². The quantitative estimate of drug-likeness (QED) is 0.667. The first-order valence-electron chi connectivity index (χ1n) is 7.13. The summed E-state index contributed by atoms with van der Waals surface area (Å²) in [6, 6.07) is 0.422. The molecule has 2 N–H and O–H groups in total. The van der Waals surface area contributed by atoms with Crippen molar-refractivity contribution in [3.8, 4) is 0 Å². The highest BCUT2D eigenvalue weighted by Gasteiger charge is 2.24. The molecule has 1 aliphatic rings. The second-order valence-corrected chi connectivity index (χ2v) is 9.70. The number of hydrogen-bond acceptors (Lipinski definition) is 5. The second-order valence-electron chi connectivity index (χ2n) is 5.57. The van der Waals surface area contributed by atoms with Crippen molar-refractivity contribution in [2.45, 2.75) is 51.1 Å². The van der Waals surface area contributed by atoms with Crippen LogP contribution in [0.5, 0.6) is 0 Å². The summed E-state index contributed by atoms with van der Waals surface area (Å²) in [5.41, 5.74) is 0. The maximum atomic E-state index is 11.8. The van der Waals surface area contributed by atoms with Crippen LogP contribution < -0.4 is 10.0 Å². The van der Waals surface area contributed by atoms with E-state index in [-0.39, 0.29) is 17.5 Å². The average molecular weight is 326 g/mol. The van der Waals surface area contributed by atoms with E-state index in [1.54, 1.807) is 0 Å². The van der Waals surface area contributed by atoms with Crippen LogP contribution in [0.3, 0.4) is 0 Å². The summed E-state index contributed by atoms with van der Waals surface area (Å²) < 4.78 is 48.3. The Balaban J connectivity index is 2.35. The fourth-order valence-electron chi connectivity index (χ4n) is 2.34. The number of sulfone groups is 1. The molecular formula is C12H26N2O4S2. The van der Waals surface area contributed by atoms with E-state index in [0.29, 0.717) is 6.04 Å². The van der Waals surface area contributed by atoms with Crippen LogP contribution in [0.15, 0.2) is 0 Å². The SMILES string of the molecule is CCCNC1CCC(NS(=O)(=O)CCS(C)(=O)=O)CC1. The minimum atomic E-state index is -3.50. The van der Waals surface area contributed by atoms with Gasteiger partial charge in [-0.3, -0.25) is 0 Å². The third-order valence-electron chi connectivity index (χ3n) is 3.48. The highest BCUT2D eigenvalue weighted by molar-refractivity contribution is 7.93. The molecule has 20 heavy (non-hydrogen) atoms. The van der Waals surface area contributed by atoms with E-state index in [0.717, 1.165) is 44.9 Å². The molecule has 0 atom stereocenters. The Labute approximate surface area is 122 Å². The first-order valence-corrected chi connectivity index (χ1v) is 10.8. The summed E-state index contributed by atoms with van der Waals surface area (Å²) in [4.78, 5) is 0. The standard InChI is InChI=1S/C12H26N2O4S2/c1-3-8-13-11-4-6-12(7-5-11)14-20(17,18)10-9-19(2,15)16/h11-14H,3-10H2,1-2H3. The van der Waals surface area contributed by atoms with Crippen LogP contribution in [0.25, 0.3) is 0 Å². The van der Waals surface area contributed by atoms with Gasteiger partial charge in [-0.25, -0.2) is 21.6 Å². The fraction of sp³-hybridized carbons (Fsp3) is 1.00. The van der Waals surface area contributed by atoms with Crippen LogP contribution in [0.2, 0.25) is 0 Å². The summed E-state index contributed by atoms with van der Waals surface area (Å²) in [6.07, 6.45) is 5.67. The molecular weight excluding hydrogens is 300 g/mol. The van der Waals surface area contributed by atoms with Gasteiger partial charge in [0.2, 0.25) is 10.0 Å². The van der Waals surface area contributed by atoms with Crippen LogP contribution in [0, 0.1) is 0 Å². The Morgan fingerprint density at radius 1 is 0.950 bits per heavy atom. The molecule has 0 heterocycles. The van der Waals surface area contributed by atoms with E-state index in [4.69, 9.17) is 0 Å². The van der Waals surface area contributed by atoms with Crippen LogP contribution in [-0.2, 0) is 19.9 Å². The Hall–Kier alpha value is -0.180. The molecule has 1 rings (SSSR count). The molecule has 0 amide bonds. The summed E-state index contributed by atoms with van der Waals surface area (Å²) in [7, 11) is -6.74. The molecule has 0 aromatic heterocycles. The summed E-state index contributed by atoms with van der Waals surface area (Å²) >= 11 is 0. The van der Waals surface area contributed by atoms with Crippen LogP contribution >= 0.6 is 0 Å². The molecule has 0 radical (unpaired) electrons. The van der Waals surface area contributed by atoms with Crippen LogP contribution in [0.4, 0.5) is 0 Å². The Morgan fingerprint density at radius 2 is 1.50 bits per heavy atom. The monoisotopic (exact) mass is 326 g/mol. The summed E-state index contributed by atoms with van der Waals surface area (Å²) in [5.74, 6) is -0.671. The van der Waals surface area contributed by atoms with Gasteiger partial charge < -0.3 is 5.32 Å². The third kappa shape index (κ3) is 7.56. The molecule has 0 unspecified atom stereocenters. The van der Waals surface area contributed by atoms with Gasteiger partial charge in [-0.1, -0.05) is 6.92 Å². The first-order chi connectivity index (χ1) is 9.22. The van der Waals surface area contributed by atoms with Crippen molar-refractivity contribution in [3.63, 3.8) is 0 Å². The molecule has 0 aliphatic heterocycles. The smallest absolute Gasteiger partial charge is 0.212 e. The molecule has 120 valence electrons. The van der Waals surface area contributed by atoms with Crippen molar-refractivity contribution in [1.82, 2.24) is 10.0 Å².